The van der Waals surface area contributed by atoms with Crippen molar-refractivity contribution in [2.45, 2.75) is 16.7 Å². The van der Waals surface area contributed by atoms with Crippen molar-refractivity contribution in [1.82, 2.24) is 4.90 Å². The van der Waals surface area contributed by atoms with E-state index in [4.69, 9.17) is 0 Å². The molecule has 10 heteroatoms. The van der Waals surface area contributed by atoms with Crippen LogP contribution < -0.4 is 0 Å². The van der Waals surface area contributed by atoms with Crippen molar-refractivity contribution in [3.05, 3.63) is 0 Å². The van der Waals surface area contributed by atoms with Gasteiger partial charge in [-0.15, -0.1) is 0 Å². The van der Waals surface area contributed by atoms with E-state index in [1.807, 2.05) is 0 Å². The van der Waals surface area contributed by atoms with Gasteiger partial charge in [0.15, 0.2) is 0 Å². The third kappa shape index (κ3) is 3.79. The second-order valence-corrected chi connectivity index (χ2v) is 3.04. The molecule has 0 aromatic rings. The molecule has 0 aromatic heterocycles. The summed E-state index contributed by atoms with van der Waals surface area (Å²) in [4.78, 5) is -2.78. The van der Waals surface area contributed by atoms with Gasteiger partial charge >= 0.3 is 16.7 Å². The average Bonchev–Trinajstić information content (AvgIpc) is 1.44. The summed E-state index contributed by atoms with van der Waals surface area (Å²) in [6.07, 6.45) is -12.3. The fourth-order valence-corrected chi connectivity index (χ4v) is 0.978. The van der Waals surface area contributed by atoms with Crippen molar-refractivity contribution >= 4 is 22.6 Å². The Kier molecular flexibility index (Phi) is 3.40. The first kappa shape index (κ1) is 13.1. The van der Waals surface area contributed by atoms with Crippen LogP contribution in [0.25, 0.3) is 0 Å². The van der Waals surface area contributed by atoms with Crippen LogP contribution >= 0.6 is 22.6 Å². The second-order valence-electron chi connectivity index (χ2n) is 1.74. The highest BCUT2D eigenvalue weighted by Gasteiger charge is 2.64. The number of rotatable bonds is 1. The first-order valence-corrected chi connectivity index (χ1v) is 3.45. The average molecular weight is 329 g/mol. The Morgan fingerprint density at radius 1 is 0.692 bits per heavy atom. The van der Waals surface area contributed by atoms with E-state index in [0.717, 1.165) is 0 Å². The van der Waals surface area contributed by atoms with Gasteiger partial charge in [-0.3, -0.25) is 0 Å². The summed E-state index contributed by atoms with van der Waals surface area (Å²) in [5.74, 6) is 0. The molecule has 80 valence electrons. The first-order chi connectivity index (χ1) is 5.37. The maximum absolute atomic E-state index is 11.9. The zero-order valence-corrected chi connectivity index (χ0v) is 7.51. The molecular formula is C3F8IN. The molecule has 0 aliphatic heterocycles. The van der Waals surface area contributed by atoms with Crippen molar-refractivity contribution in [2.75, 3.05) is 0 Å². The molecule has 0 aliphatic carbocycles. The van der Waals surface area contributed by atoms with Crippen molar-refractivity contribution in [2.24, 2.45) is 0 Å². The summed E-state index contributed by atoms with van der Waals surface area (Å²) >= 11 is -0.258. The zero-order chi connectivity index (χ0) is 11.1. The quantitative estimate of drug-likeness (QED) is 0.309. The highest BCUT2D eigenvalue weighted by atomic mass is 127. The Morgan fingerprint density at radius 2 is 0.923 bits per heavy atom. The smallest absolute Gasteiger partial charge is 0.177 e. The molecule has 0 fully saturated rings. The Balaban J connectivity index is 5.02. The van der Waals surface area contributed by atoms with Crippen LogP contribution in [0.4, 0.5) is 35.1 Å². The number of hydrogen-bond acceptors (Lipinski definition) is 1. The normalized spacial score (nSPS) is 15.2. The van der Waals surface area contributed by atoms with E-state index in [9.17, 15) is 35.1 Å². The highest BCUT2D eigenvalue weighted by Crippen LogP contribution is 2.44. The van der Waals surface area contributed by atoms with Crippen LogP contribution in [0.3, 0.4) is 0 Å². The molecule has 0 rings (SSSR count). The minimum atomic E-state index is -6.16. The monoisotopic (exact) mass is 329 g/mol. The predicted molar refractivity (Wildman–Crippen MR) is 32.9 cm³/mol. The number of alkyl halides is 9. The van der Waals surface area contributed by atoms with Gasteiger partial charge < -0.3 is 0 Å². The molecule has 0 aliphatic rings. The molecule has 0 radical (unpaired) electrons. The number of halogens is 9. The van der Waals surface area contributed by atoms with Crippen molar-refractivity contribution in [3.63, 3.8) is 0 Å². The maximum Gasteiger partial charge on any atom is 0.472 e. The van der Waals surface area contributed by atoms with E-state index >= 15 is 0 Å². The minimum Gasteiger partial charge on any atom is -0.177 e. The summed E-state index contributed by atoms with van der Waals surface area (Å²) in [5.41, 5.74) is 0. The lowest BCUT2D eigenvalue weighted by Crippen LogP contribution is -2.55. The second kappa shape index (κ2) is 3.37. The third-order valence-corrected chi connectivity index (χ3v) is 1.24. The van der Waals surface area contributed by atoms with Gasteiger partial charge in [0.25, 0.3) is 0 Å². The summed E-state index contributed by atoms with van der Waals surface area (Å²) in [6.45, 7) is 0. The molecule has 0 saturated carbocycles. The summed E-state index contributed by atoms with van der Waals surface area (Å²) in [7, 11) is 0. The van der Waals surface area contributed by atoms with Crippen LogP contribution in [0, 0.1) is 0 Å². The predicted octanol–water partition coefficient (Wildman–Crippen LogP) is 3.31. The number of hydrogen-bond donors (Lipinski definition) is 0. The van der Waals surface area contributed by atoms with Crippen LogP contribution in [-0.4, -0.2) is 21.6 Å². The van der Waals surface area contributed by atoms with Crippen LogP contribution in [0.5, 0.6) is 0 Å². The lowest BCUT2D eigenvalue weighted by Gasteiger charge is -2.29. The Morgan fingerprint density at radius 3 is 0.923 bits per heavy atom. The number of nitrogens with zero attached hydrogens (tertiary/aromatic N) is 1. The Hall–Kier alpha value is 0.130. The van der Waals surface area contributed by atoms with Crippen LogP contribution in [0.1, 0.15) is 0 Å². The molecule has 0 spiro atoms. The van der Waals surface area contributed by atoms with Crippen LogP contribution in [-0.2, 0) is 0 Å². The minimum absolute atomic E-state index is 0.258. The van der Waals surface area contributed by atoms with Crippen LogP contribution in [0.2, 0.25) is 0 Å². The molecule has 0 unspecified atom stereocenters. The van der Waals surface area contributed by atoms with Crippen molar-refractivity contribution in [1.29, 1.82) is 0 Å². The largest absolute Gasteiger partial charge is 0.472 e. The van der Waals surface area contributed by atoms with Gasteiger partial charge in [0.1, 0.15) is 0 Å². The van der Waals surface area contributed by atoms with Gasteiger partial charge in [0.05, 0.1) is 0 Å². The van der Waals surface area contributed by atoms with Gasteiger partial charge in [-0.2, -0.15) is 35.1 Å². The molecule has 0 heterocycles. The summed E-state index contributed by atoms with van der Waals surface area (Å²) in [5, 5.41) is 0. The highest BCUT2D eigenvalue weighted by molar-refractivity contribution is 14.1. The first-order valence-electron chi connectivity index (χ1n) is 2.37. The molecule has 0 amide bonds. The van der Waals surface area contributed by atoms with Gasteiger partial charge in [-0.05, 0) is 4.90 Å². The fourth-order valence-electron chi connectivity index (χ4n) is 0.431. The topological polar surface area (TPSA) is 3.24 Å². The molecule has 13 heavy (non-hydrogen) atoms. The summed E-state index contributed by atoms with van der Waals surface area (Å²) in [6, 6.07) is 0. The SMILES string of the molecule is FC(F)(F)N(C(F)(F)F)C(F)(F)I. The van der Waals surface area contributed by atoms with Gasteiger partial charge in [0, 0.05) is 22.6 Å². The van der Waals surface area contributed by atoms with Crippen LogP contribution in [0.15, 0.2) is 0 Å². The van der Waals surface area contributed by atoms with Gasteiger partial charge in [-0.1, -0.05) is 0 Å². The molecule has 0 atom stereocenters. The van der Waals surface area contributed by atoms with E-state index in [-0.39, 0.29) is 22.6 Å². The molecule has 1 nitrogen and oxygen atoms in total. The van der Waals surface area contributed by atoms with Gasteiger partial charge in [-0.25, -0.2) is 0 Å². The molecule has 0 saturated heterocycles. The lowest BCUT2D eigenvalue weighted by atomic mass is 10.8. The van der Waals surface area contributed by atoms with E-state index in [1.165, 1.54) is 0 Å². The summed E-state index contributed by atoms with van der Waals surface area (Å²) < 4.78 is 87.2. The van der Waals surface area contributed by atoms with E-state index in [2.05, 4.69) is 0 Å². The molecular weight excluding hydrogens is 329 g/mol. The van der Waals surface area contributed by atoms with E-state index < -0.39 is 21.6 Å². The van der Waals surface area contributed by atoms with Gasteiger partial charge in [0.2, 0.25) is 0 Å². The van der Waals surface area contributed by atoms with E-state index in [1.54, 1.807) is 0 Å². The zero-order valence-electron chi connectivity index (χ0n) is 5.35. The Labute approximate surface area is 79.8 Å². The van der Waals surface area contributed by atoms with Crippen molar-refractivity contribution < 1.29 is 35.1 Å². The third-order valence-electron chi connectivity index (χ3n) is 0.761. The van der Waals surface area contributed by atoms with Crippen molar-refractivity contribution in [3.8, 4) is 0 Å². The van der Waals surface area contributed by atoms with E-state index in [0.29, 0.717) is 0 Å². The fraction of sp³-hybridized carbons (Fsp3) is 1.00. The standard InChI is InChI=1S/C3F8IN/c4-1(5,6)13(2(7,8)9)3(10,11)12. The lowest BCUT2D eigenvalue weighted by molar-refractivity contribution is -0.415. The maximum atomic E-state index is 11.9. The Bertz CT molecular complexity index is 142. The molecule has 0 aromatic carbocycles. The molecule has 0 bridgehead atoms. The molecule has 0 N–H and O–H groups in total.